The van der Waals surface area contributed by atoms with E-state index in [4.69, 9.17) is 14.0 Å². The Morgan fingerprint density at radius 3 is 2.65 bits per heavy atom. The maximum atomic E-state index is 5.60. The van der Waals surface area contributed by atoms with Crippen molar-refractivity contribution in [2.75, 3.05) is 20.8 Å². The second-order valence-electron chi connectivity index (χ2n) is 7.47. The van der Waals surface area contributed by atoms with Crippen LogP contribution in [0.3, 0.4) is 0 Å². The fraction of sp³-hybridized carbons (Fsp3) is 0.250. The third-order valence-corrected chi connectivity index (χ3v) is 6.35. The maximum absolute atomic E-state index is 5.60. The van der Waals surface area contributed by atoms with Gasteiger partial charge < -0.3 is 14.0 Å². The fourth-order valence-corrected chi connectivity index (χ4v) is 4.83. The molecule has 1 aliphatic heterocycles. The lowest BCUT2D eigenvalue weighted by molar-refractivity contribution is 0.196. The molecule has 0 saturated heterocycles. The molecule has 0 aliphatic carbocycles. The van der Waals surface area contributed by atoms with E-state index in [-0.39, 0.29) is 6.04 Å². The van der Waals surface area contributed by atoms with E-state index in [1.165, 1.54) is 16.7 Å². The first-order valence-electron chi connectivity index (χ1n) is 10.2. The summed E-state index contributed by atoms with van der Waals surface area (Å²) in [5, 5.41) is 8.27. The highest BCUT2D eigenvalue weighted by Gasteiger charge is 2.31. The van der Waals surface area contributed by atoms with E-state index in [0.29, 0.717) is 18.3 Å². The van der Waals surface area contributed by atoms with Crippen molar-refractivity contribution in [2.24, 2.45) is 0 Å². The number of methoxy groups -OCH3 is 2. The Labute approximate surface area is 185 Å². The fourth-order valence-electron chi connectivity index (χ4n) is 4.20. The molecule has 0 bridgehead atoms. The summed E-state index contributed by atoms with van der Waals surface area (Å²) < 4.78 is 16.6. The molecular formula is C24H23N3O3S. The van der Waals surface area contributed by atoms with Gasteiger partial charge in [-0.1, -0.05) is 35.5 Å². The lowest BCUT2D eigenvalue weighted by Gasteiger charge is -2.37. The van der Waals surface area contributed by atoms with Gasteiger partial charge in [0.15, 0.2) is 17.3 Å². The van der Waals surface area contributed by atoms with Crippen LogP contribution in [0, 0.1) is 0 Å². The van der Waals surface area contributed by atoms with Crippen molar-refractivity contribution >= 4 is 11.3 Å². The van der Waals surface area contributed by atoms with Crippen LogP contribution in [0.2, 0.25) is 0 Å². The Kier molecular flexibility index (Phi) is 5.44. The van der Waals surface area contributed by atoms with Gasteiger partial charge in [-0.15, -0.1) is 0 Å². The molecule has 0 spiro atoms. The van der Waals surface area contributed by atoms with Crippen molar-refractivity contribution in [3.8, 4) is 23.0 Å². The van der Waals surface area contributed by atoms with Gasteiger partial charge in [0.05, 0.1) is 32.4 Å². The summed E-state index contributed by atoms with van der Waals surface area (Å²) in [6.45, 7) is 1.48. The standard InChI is InChI=1S/C24H23N3O3S/c1-28-20-12-17-8-10-27(14-22-25-24(30-26-22)18-9-11-31-15-18)23(16-6-4-3-5-7-16)19(17)13-21(20)29-2/h3-7,9,11-13,15,23H,8,10,14H2,1-2H3. The minimum Gasteiger partial charge on any atom is -0.493 e. The smallest absolute Gasteiger partial charge is 0.258 e. The molecule has 7 heteroatoms. The number of hydrogen-bond donors (Lipinski definition) is 0. The number of fused-ring (bicyclic) bond motifs is 1. The van der Waals surface area contributed by atoms with Gasteiger partial charge in [-0.2, -0.15) is 16.3 Å². The van der Waals surface area contributed by atoms with Gasteiger partial charge in [0.2, 0.25) is 0 Å². The summed E-state index contributed by atoms with van der Waals surface area (Å²) in [5.74, 6) is 2.76. The predicted molar refractivity (Wildman–Crippen MR) is 120 cm³/mol. The van der Waals surface area contributed by atoms with Crippen molar-refractivity contribution in [3.05, 3.63) is 81.8 Å². The quantitative estimate of drug-likeness (QED) is 0.428. The summed E-state index contributed by atoms with van der Waals surface area (Å²) in [5.41, 5.74) is 4.67. The molecule has 0 radical (unpaired) electrons. The summed E-state index contributed by atoms with van der Waals surface area (Å²) in [7, 11) is 3.35. The molecule has 1 atom stereocenters. The molecule has 6 nitrogen and oxygen atoms in total. The zero-order valence-corrected chi connectivity index (χ0v) is 18.3. The van der Waals surface area contributed by atoms with Crippen LogP contribution >= 0.6 is 11.3 Å². The van der Waals surface area contributed by atoms with E-state index >= 15 is 0 Å². The minimum atomic E-state index is 0.0628. The number of benzene rings is 2. The van der Waals surface area contributed by atoms with Gasteiger partial charge in [-0.3, -0.25) is 4.90 Å². The first kappa shape index (κ1) is 19.8. The molecule has 2 aromatic carbocycles. The van der Waals surface area contributed by atoms with Crippen LogP contribution in [0.15, 0.2) is 63.8 Å². The first-order chi connectivity index (χ1) is 15.3. The molecule has 3 heterocycles. The van der Waals surface area contributed by atoms with E-state index < -0.39 is 0 Å². The van der Waals surface area contributed by atoms with Crippen molar-refractivity contribution in [1.82, 2.24) is 15.0 Å². The number of rotatable bonds is 6. The molecule has 158 valence electrons. The highest BCUT2D eigenvalue weighted by atomic mass is 32.1. The van der Waals surface area contributed by atoms with E-state index in [2.05, 4.69) is 51.4 Å². The van der Waals surface area contributed by atoms with Gasteiger partial charge in [0.25, 0.3) is 5.89 Å². The van der Waals surface area contributed by atoms with Crippen LogP contribution in [0.25, 0.3) is 11.5 Å². The number of ether oxygens (including phenoxy) is 2. The van der Waals surface area contributed by atoms with E-state index in [9.17, 15) is 0 Å². The average Bonchev–Trinajstić information content (AvgIpc) is 3.51. The summed E-state index contributed by atoms with van der Waals surface area (Å²) in [6.07, 6.45) is 0.911. The van der Waals surface area contributed by atoms with E-state index in [0.717, 1.165) is 30.0 Å². The van der Waals surface area contributed by atoms with Gasteiger partial charge in [-0.05, 0) is 46.7 Å². The number of nitrogens with zero attached hydrogens (tertiary/aromatic N) is 3. The second kappa shape index (κ2) is 8.53. The van der Waals surface area contributed by atoms with Gasteiger partial charge in [-0.25, -0.2) is 0 Å². The number of thiophene rings is 1. The zero-order valence-electron chi connectivity index (χ0n) is 17.4. The SMILES string of the molecule is COc1cc2c(cc1OC)C(c1ccccc1)N(Cc1noc(-c3ccsc3)n1)CC2. The predicted octanol–water partition coefficient (Wildman–Crippen LogP) is 4.96. The van der Waals surface area contributed by atoms with Gasteiger partial charge >= 0.3 is 0 Å². The van der Waals surface area contributed by atoms with Crippen LogP contribution in [-0.2, 0) is 13.0 Å². The van der Waals surface area contributed by atoms with Crippen molar-refractivity contribution in [3.63, 3.8) is 0 Å². The summed E-state index contributed by atoms with van der Waals surface area (Å²) in [4.78, 5) is 7.03. The molecule has 2 aromatic heterocycles. The van der Waals surface area contributed by atoms with Crippen LogP contribution < -0.4 is 9.47 Å². The second-order valence-corrected chi connectivity index (χ2v) is 8.25. The van der Waals surface area contributed by atoms with E-state index in [1.807, 2.05) is 22.9 Å². The van der Waals surface area contributed by atoms with Crippen molar-refractivity contribution < 1.29 is 14.0 Å². The number of hydrogen-bond acceptors (Lipinski definition) is 7. The normalized spacial score (nSPS) is 16.1. The van der Waals surface area contributed by atoms with Crippen LogP contribution in [0.5, 0.6) is 11.5 Å². The summed E-state index contributed by atoms with van der Waals surface area (Å²) in [6, 6.07) is 16.8. The molecule has 31 heavy (non-hydrogen) atoms. The molecule has 0 saturated carbocycles. The minimum absolute atomic E-state index is 0.0628. The topological polar surface area (TPSA) is 60.6 Å². The third kappa shape index (κ3) is 3.82. The van der Waals surface area contributed by atoms with Crippen LogP contribution in [0.4, 0.5) is 0 Å². The highest BCUT2D eigenvalue weighted by Crippen LogP contribution is 2.41. The van der Waals surface area contributed by atoms with Crippen LogP contribution in [0.1, 0.15) is 28.6 Å². The molecule has 1 unspecified atom stereocenters. The molecule has 5 rings (SSSR count). The molecular weight excluding hydrogens is 410 g/mol. The molecule has 0 N–H and O–H groups in total. The van der Waals surface area contributed by atoms with Crippen molar-refractivity contribution in [2.45, 2.75) is 19.0 Å². The van der Waals surface area contributed by atoms with Crippen LogP contribution in [-0.4, -0.2) is 35.8 Å². The number of aromatic nitrogens is 2. The zero-order chi connectivity index (χ0) is 21.2. The largest absolute Gasteiger partial charge is 0.493 e. The molecule has 4 aromatic rings. The van der Waals surface area contributed by atoms with Crippen molar-refractivity contribution in [1.29, 1.82) is 0 Å². The Morgan fingerprint density at radius 1 is 1.10 bits per heavy atom. The lowest BCUT2D eigenvalue weighted by atomic mass is 9.87. The monoisotopic (exact) mass is 433 g/mol. The average molecular weight is 434 g/mol. The Bertz CT molecular complexity index is 1160. The summed E-state index contributed by atoms with van der Waals surface area (Å²) >= 11 is 1.62. The maximum Gasteiger partial charge on any atom is 0.258 e. The Morgan fingerprint density at radius 2 is 1.90 bits per heavy atom. The van der Waals surface area contributed by atoms with Gasteiger partial charge in [0.1, 0.15) is 0 Å². The first-order valence-corrected chi connectivity index (χ1v) is 11.1. The van der Waals surface area contributed by atoms with Gasteiger partial charge in [0, 0.05) is 11.9 Å². The van der Waals surface area contributed by atoms with E-state index in [1.54, 1.807) is 25.6 Å². The Balaban J connectivity index is 1.52. The Hall–Kier alpha value is -3.16. The molecule has 1 aliphatic rings. The molecule has 0 fully saturated rings. The highest BCUT2D eigenvalue weighted by molar-refractivity contribution is 7.08. The lowest BCUT2D eigenvalue weighted by Crippen LogP contribution is -2.36. The third-order valence-electron chi connectivity index (χ3n) is 5.67. The molecule has 0 amide bonds.